The van der Waals surface area contributed by atoms with Crippen LogP contribution in [-0.2, 0) is 10.0 Å². The van der Waals surface area contributed by atoms with Gasteiger partial charge in [0.2, 0.25) is 10.0 Å². The molecule has 0 bridgehead atoms. The van der Waals surface area contributed by atoms with Crippen LogP contribution in [0.5, 0.6) is 5.75 Å². The summed E-state index contributed by atoms with van der Waals surface area (Å²) in [4.78, 5) is 11.7. The van der Waals surface area contributed by atoms with Crippen LogP contribution in [0.15, 0.2) is 52.3 Å². The van der Waals surface area contributed by atoms with Crippen LogP contribution < -0.4 is 15.6 Å². The van der Waals surface area contributed by atoms with E-state index in [4.69, 9.17) is 15.6 Å². The molecule has 0 saturated heterocycles. The normalized spacial score (nSPS) is 11.1. The summed E-state index contributed by atoms with van der Waals surface area (Å²) in [7, 11) is -3.97. The number of carbonyl (C=O) groups excluding carboxylic acids is 1. The molecule has 0 fully saturated rings. The van der Waals surface area contributed by atoms with Gasteiger partial charge in [-0.2, -0.15) is 0 Å². The summed E-state index contributed by atoms with van der Waals surface area (Å²) in [5, 5.41) is 5.02. The summed E-state index contributed by atoms with van der Waals surface area (Å²) < 4.78 is 27.8. The molecular weight excluding hydrogens is 312 g/mol. The molecule has 2 rings (SSSR count). The Labute approximate surface area is 127 Å². The summed E-state index contributed by atoms with van der Waals surface area (Å²) >= 11 is 4.08. The van der Waals surface area contributed by atoms with Crippen LogP contribution in [0.25, 0.3) is 0 Å². The van der Waals surface area contributed by atoms with Gasteiger partial charge in [0, 0.05) is 0 Å². The second kappa shape index (κ2) is 5.76. The van der Waals surface area contributed by atoms with Gasteiger partial charge in [-0.25, -0.2) is 18.4 Å². The fourth-order valence-electron chi connectivity index (χ4n) is 1.63. The van der Waals surface area contributed by atoms with Gasteiger partial charge in [-0.3, -0.25) is 0 Å². The molecule has 110 valence electrons. The van der Waals surface area contributed by atoms with E-state index in [1.54, 1.807) is 30.3 Å². The second-order valence-electron chi connectivity index (χ2n) is 4.12. The van der Waals surface area contributed by atoms with Crippen LogP contribution in [-0.4, -0.2) is 14.4 Å². The van der Waals surface area contributed by atoms with E-state index >= 15 is 0 Å². The van der Waals surface area contributed by atoms with Gasteiger partial charge in [0.1, 0.15) is 10.6 Å². The highest BCUT2D eigenvalue weighted by Gasteiger charge is 2.19. The zero-order chi connectivity index (χ0) is 15.6. The number of sulfonamides is 1. The van der Waals surface area contributed by atoms with E-state index in [9.17, 15) is 13.2 Å². The van der Waals surface area contributed by atoms with Crippen LogP contribution in [0.1, 0.15) is 10.4 Å². The third-order valence-electron chi connectivity index (χ3n) is 2.66. The summed E-state index contributed by atoms with van der Waals surface area (Å²) in [6.07, 6.45) is 0. The van der Waals surface area contributed by atoms with Gasteiger partial charge >= 0.3 is 5.97 Å². The third-order valence-corrected chi connectivity index (χ3v) is 4.09. The summed E-state index contributed by atoms with van der Waals surface area (Å²) in [6.45, 7) is 0. The lowest BCUT2D eigenvalue weighted by Crippen LogP contribution is -2.15. The minimum atomic E-state index is -3.97. The first-order valence-corrected chi connectivity index (χ1v) is 7.71. The molecular formula is C13H12N2O4S2. The molecule has 0 atom stereocenters. The van der Waals surface area contributed by atoms with Crippen LogP contribution in [0.2, 0.25) is 0 Å². The maximum absolute atomic E-state index is 11.9. The number of nitrogens with two attached hydrogens (primary N) is 2. The van der Waals surface area contributed by atoms with Gasteiger partial charge in [-0.1, -0.05) is 18.2 Å². The van der Waals surface area contributed by atoms with Crippen molar-refractivity contribution < 1.29 is 17.9 Å². The maximum atomic E-state index is 11.9. The number of hydrogen-bond acceptors (Lipinski definition) is 6. The van der Waals surface area contributed by atoms with Crippen molar-refractivity contribution in [2.75, 3.05) is 5.73 Å². The van der Waals surface area contributed by atoms with Gasteiger partial charge in [0.15, 0.2) is 0 Å². The summed E-state index contributed by atoms with van der Waals surface area (Å²) in [5.41, 5.74) is 5.84. The lowest BCUT2D eigenvalue weighted by molar-refractivity contribution is 0.0730. The zero-order valence-corrected chi connectivity index (χ0v) is 12.4. The number of nitrogen functional groups attached to an aromatic ring is 1. The Hall–Kier alpha value is -2.03. The monoisotopic (exact) mass is 324 g/mol. The minimum Gasteiger partial charge on any atom is -0.422 e. The van der Waals surface area contributed by atoms with E-state index in [1.807, 2.05) is 0 Å². The second-order valence-corrected chi connectivity index (χ2v) is 6.10. The van der Waals surface area contributed by atoms with Crippen molar-refractivity contribution in [2.45, 2.75) is 9.79 Å². The fourth-order valence-corrected chi connectivity index (χ4v) is 2.62. The molecule has 0 aliphatic carbocycles. The Morgan fingerprint density at radius 3 is 2.29 bits per heavy atom. The first-order valence-electron chi connectivity index (χ1n) is 5.72. The summed E-state index contributed by atoms with van der Waals surface area (Å²) in [5.74, 6) is -0.550. The van der Waals surface area contributed by atoms with E-state index in [-0.39, 0.29) is 21.2 Å². The number of carbonyl (C=O) groups is 1. The first-order chi connectivity index (χ1) is 9.80. The molecule has 0 unspecified atom stereocenters. The van der Waals surface area contributed by atoms with Crippen molar-refractivity contribution in [1.29, 1.82) is 0 Å². The lowest BCUT2D eigenvalue weighted by atomic mass is 10.2. The molecule has 8 heteroatoms. The SMILES string of the molecule is Nc1c(S(N)(=O)=O)ccc(OC(=O)c2ccccc2)c1S. The Balaban J connectivity index is 2.35. The Morgan fingerprint density at radius 1 is 1.10 bits per heavy atom. The molecule has 4 N–H and O–H groups in total. The number of benzene rings is 2. The van der Waals surface area contributed by atoms with Gasteiger partial charge in [-0.15, -0.1) is 12.6 Å². The predicted molar refractivity (Wildman–Crippen MR) is 80.9 cm³/mol. The Bertz CT molecular complexity index is 789. The average molecular weight is 324 g/mol. The fraction of sp³-hybridized carbons (Fsp3) is 0. The van der Waals surface area contributed by atoms with Crippen molar-refractivity contribution in [3.05, 3.63) is 48.0 Å². The highest BCUT2D eigenvalue weighted by atomic mass is 32.2. The molecule has 0 radical (unpaired) electrons. The standard InChI is InChI=1S/C13H12N2O4S2/c14-11-10(21(15,17)18)7-6-9(12(11)20)19-13(16)8-4-2-1-3-5-8/h1-7,20H,14H2,(H2,15,17,18). The van der Waals surface area contributed by atoms with Crippen LogP contribution in [0.3, 0.4) is 0 Å². The minimum absolute atomic E-state index is 0.0332. The van der Waals surface area contributed by atoms with Crippen LogP contribution in [0, 0.1) is 0 Å². The van der Waals surface area contributed by atoms with Crippen molar-refractivity contribution in [2.24, 2.45) is 5.14 Å². The molecule has 2 aromatic carbocycles. The smallest absolute Gasteiger partial charge is 0.343 e. The number of rotatable bonds is 3. The van der Waals surface area contributed by atoms with Crippen molar-refractivity contribution >= 4 is 34.3 Å². The van der Waals surface area contributed by atoms with E-state index in [1.165, 1.54) is 6.07 Å². The van der Waals surface area contributed by atoms with Gasteiger partial charge < -0.3 is 10.5 Å². The number of thiol groups is 1. The molecule has 0 amide bonds. The Morgan fingerprint density at radius 2 is 1.71 bits per heavy atom. The van der Waals surface area contributed by atoms with Crippen molar-refractivity contribution in [3.8, 4) is 5.75 Å². The van der Waals surface area contributed by atoms with Crippen molar-refractivity contribution in [3.63, 3.8) is 0 Å². The molecule has 0 aliphatic rings. The largest absolute Gasteiger partial charge is 0.422 e. The topological polar surface area (TPSA) is 112 Å². The number of primary sulfonamides is 1. The van der Waals surface area contributed by atoms with Crippen molar-refractivity contribution in [1.82, 2.24) is 0 Å². The predicted octanol–water partition coefficient (Wildman–Crippen LogP) is 1.42. The number of anilines is 1. The van der Waals surface area contributed by atoms with Gasteiger partial charge in [0.25, 0.3) is 0 Å². The van der Waals surface area contributed by atoms with E-state index in [0.29, 0.717) is 5.56 Å². The molecule has 2 aromatic rings. The number of hydrogen-bond donors (Lipinski definition) is 3. The lowest BCUT2D eigenvalue weighted by Gasteiger charge is -2.11. The summed E-state index contributed by atoms with van der Waals surface area (Å²) in [6, 6.07) is 10.8. The molecule has 21 heavy (non-hydrogen) atoms. The van der Waals surface area contributed by atoms with E-state index in [2.05, 4.69) is 12.6 Å². The molecule has 0 heterocycles. The van der Waals surface area contributed by atoms with Gasteiger partial charge in [0.05, 0.1) is 16.1 Å². The Kier molecular flexibility index (Phi) is 4.21. The molecule has 0 aliphatic heterocycles. The zero-order valence-electron chi connectivity index (χ0n) is 10.7. The maximum Gasteiger partial charge on any atom is 0.343 e. The molecule has 0 aromatic heterocycles. The third kappa shape index (κ3) is 3.35. The average Bonchev–Trinajstić information content (AvgIpc) is 2.43. The highest BCUT2D eigenvalue weighted by Crippen LogP contribution is 2.33. The number of ether oxygens (including phenoxy) is 1. The number of esters is 1. The molecule has 0 spiro atoms. The van der Waals surface area contributed by atoms with Crippen LogP contribution >= 0.6 is 12.6 Å². The highest BCUT2D eigenvalue weighted by molar-refractivity contribution is 7.89. The van der Waals surface area contributed by atoms with Crippen LogP contribution in [0.4, 0.5) is 5.69 Å². The quantitative estimate of drug-likeness (QED) is 0.342. The van der Waals surface area contributed by atoms with E-state index < -0.39 is 16.0 Å². The van der Waals surface area contributed by atoms with E-state index in [0.717, 1.165) is 6.07 Å². The molecule has 6 nitrogen and oxygen atoms in total. The first kappa shape index (κ1) is 15.4. The van der Waals surface area contributed by atoms with Gasteiger partial charge in [-0.05, 0) is 24.3 Å². The molecule has 0 saturated carbocycles.